The summed E-state index contributed by atoms with van der Waals surface area (Å²) in [5.74, 6) is 2.47. The maximum atomic E-state index is 5.94. The molecule has 19 heavy (non-hydrogen) atoms. The van der Waals surface area contributed by atoms with Crippen LogP contribution in [0.4, 0.5) is 0 Å². The molecule has 0 aliphatic heterocycles. The summed E-state index contributed by atoms with van der Waals surface area (Å²) in [6, 6.07) is 7.92. The summed E-state index contributed by atoms with van der Waals surface area (Å²) in [7, 11) is 0. The van der Waals surface area contributed by atoms with Crippen LogP contribution in [0.5, 0.6) is 5.75 Å². The molecule has 2 nitrogen and oxygen atoms in total. The van der Waals surface area contributed by atoms with E-state index < -0.39 is 0 Å². The van der Waals surface area contributed by atoms with E-state index >= 15 is 0 Å². The molecule has 1 saturated carbocycles. The van der Waals surface area contributed by atoms with E-state index in [0.29, 0.717) is 19.3 Å². The van der Waals surface area contributed by atoms with Crippen molar-refractivity contribution in [2.24, 2.45) is 11.8 Å². The van der Waals surface area contributed by atoms with Crippen LogP contribution in [0.3, 0.4) is 0 Å². The van der Waals surface area contributed by atoms with Crippen LogP contribution < -0.4 is 4.74 Å². The van der Waals surface area contributed by atoms with Gasteiger partial charge < -0.3 is 9.47 Å². The van der Waals surface area contributed by atoms with Crippen molar-refractivity contribution in [2.45, 2.75) is 39.2 Å². The van der Waals surface area contributed by atoms with Crippen molar-refractivity contribution < 1.29 is 9.47 Å². The molecule has 0 bridgehead atoms. The summed E-state index contributed by atoms with van der Waals surface area (Å²) < 4.78 is 12.7. The Morgan fingerprint density at radius 2 is 1.84 bits per heavy atom. The minimum atomic E-state index is 0.421. The molecule has 2 unspecified atom stereocenters. The summed E-state index contributed by atoms with van der Waals surface area (Å²) in [5, 5.41) is 0. The molecule has 0 amide bonds. The second-order valence-electron chi connectivity index (χ2n) is 5.72. The maximum absolute atomic E-state index is 5.94. The van der Waals surface area contributed by atoms with E-state index in [1.807, 2.05) is 24.3 Å². The van der Waals surface area contributed by atoms with E-state index in [4.69, 9.17) is 9.47 Å². The molecule has 0 heterocycles. The monoisotopic (exact) mass is 326 g/mol. The van der Waals surface area contributed by atoms with E-state index in [1.54, 1.807) is 0 Å². The minimum absolute atomic E-state index is 0.421. The highest BCUT2D eigenvalue weighted by molar-refractivity contribution is 9.10. The van der Waals surface area contributed by atoms with Gasteiger partial charge in [0, 0.05) is 4.47 Å². The highest BCUT2D eigenvalue weighted by atomic mass is 79.9. The summed E-state index contributed by atoms with van der Waals surface area (Å²) in [6.45, 7) is 5.94. The Hall–Kier alpha value is -0.540. The van der Waals surface area contributed by atoms with Gasteiger partial charge in [0.05, 0.1) is 12.7 Å². The largest absolute Gasteiger partial charge is 0.491 e. The van der Waals surface area contributed by atoms with Gasteiger partial charge in [0.25, 0.3) is 0 Å². The predicted octanol–water partition coefficient (Wildman–Crippen LogP) is 4.67. The van der Waals surface area contributed by atoms with Crippen molar-refractivity contribution in [1.29, 1.82) is 0 Å². The van der Waals surface area contributed by atoms with Gasteiger partial charge in [0.2, 0.25) is 0 Å². The first-order valence-corrected chi connectivity index (χ1v) is 7.92. The van der Waals surface area contributed by atoms with Gasteiger partial charge in [-0.2, -0.15) is 0 Å². The van der Waals surface area contributed by atoms with Crippen molar-refractivity contribution in [3.63, 3.8) is 0 Å². The molecule has 0 aromatic heterocycles. The van der Waals surface area contributed by atoms with Crippen LogP contribution in [0, 0.1) is 11.8 Å². The smallest absolute Gasteiger partial charge is 0.120 e. The first kappa shape index (κ1) is 14.9. The first-order chi connectivity index (χ1) is 9.13. The lowest BCUT2D eigenvalue weighted by Crippen LogP contribution is -2.27. The lowest BCUT2D eigenvalue weighted by Gasteiger charge is -2.31. The fraction of sp³-hybridized carbons (Fsp3) is 0.625. The quantitative estimate of drug-likeness (QED) is 0.732. The minimum Gasteiger partial charge on any atom is -0.491 e. The Labute approximate surface area is 124 Å². The Balaban J connectivity index is 1.66. The van der Waals surface area contributed by atoms with E-state index in [9.17, 15) is 0 Å². The van der Waals surface area contributed by atoms with Crippen molar-refractivity contribution in [3.8, 4) is 5.75 Å². The molecule has 1 aliphatic rings. The van der Waals surface area contributed by atoms with Crippen molar-refractivity contribution in [3.05, 3.63) is 28.7 Å². The molecule has 2 atom stereocenters. The Kier molecular flexibility index (Phi) is 5.71. The van der Waals surface area contributed by atoms with Crippen molar-refractivity contribution in [1.82, 2.24) is 0 Å². The van der Waals surface area contributed by atoms with Gasteiger partial charge in [-0.1, -0.05) is 35.8 Å². The van der Waals surface area contributed by atoms with Gasteiger partial charge in [-0.25, -0.2) is 0 Å². The van der Waals surface area contributed by atoms with Crippen LogP contribution in [0.25, 0.3) is 0 Å². The lowest BCUT2D eigenvalue weighted by molar-refractivity contribution is -0.0107. The summed E-state index contributed by atoms with van der Waals surface area (Å²) in [4.78, 5) is 0. The molecule has 1 fully saturated rings. The second-order valence-corrected chi connectivity index (χ2v) is 6.63. The van der Waals surface area contributed by atoms with Gasteiger partial charge in [-0.3, -0.25) is 0 Å². The third-order valence-corrected chi connectivity index (χ3v) is 4.13. The SMILES string of the molecule is CC1CC(C)CC(OCCOc2cccc(Br)c2)C1. The first-order valence-electron chi connectivity index (χ1n) is 7.13. The Bertz CT molecular complexity index is 384. The molecule has 106 valence electrons. The molecule has 0 spiro atoms. The fourth-order valence-corrected chi connectivity index (χ4v) is 3.32. The van der Waals surface area contributed by atoms with Crippen LogP contribution in [0.1, 0.15) is 33.1 Å². The van der Waals surface area contributed by atoms with Crippen LogP contribution in [0.15, 0.2) is 28.7 Å². The van der Waals surface area contributed by atoms with Gasteiger partial charge in [0.1, 0.15) is 12.4 Å². The molecule has 1 aliphatic carbocycles. The molecular formula is C16H23BrO2. The van der Waals surface area contributed by atoms with E-state index in [0.717, 1.165) is 22.1 Å². The van der Waals surface area contributed by atoms with E-state index in [-0.39, 0.29) is 0 Å². The topological polar surface area (TPSA) is 18.5 Å². The molecule has 3 heteroatoms. The molecule has 1 aromatic rings. The predicted molar refractivity (Wildman–Crippen MR) is 81.6 cm³/mol. The number of hydrogen-bond acceptors (Lipinski definition) is 2. The van der Waals surface area contributed by atoms with Crippen LogP contribution in [0.2, 0.25) is 0 Å². The molecule has 0 radical (unpaired) electrons. The summed E-state index contributed by atoms with van der Waals surface area (Å²) >= 11 is 3.44. The van der Waals surface area contributed by atoms with Gasteiger partial charge >= 0.3 is 0 Å². The highest BCUT2D eigenvalue weighted by Gasteiger charge is 2.24. The van der Waals surface area contributed by atoms with Crippen LogP contribution in [-0.4, -0.2) is 19.3 Å². The molecule has 0 saturated heterocycles. The van der Waals surface area contributed by atoms with E-state index in [1.165, 1.54) is 19.3 Å². The zero-order chi connectivity index (χ0) is 13.7. The Morgan fingerprint density at radius 1 is 1.11 bits per heavy atom. The van der Waals surface area contributed by atoms with Gasteiger partial charge in [0.15, 0.2) is 0 Å². The van der Waals surface area contributed by atoms with Crippen molar-refractivity contribution in [2.75, 3.05) is 13.2 Å². The average Bonchev–Trinajstić information content (AvgIpc) is 2.34. The average molecular weight is 327 g/mol. The standard InChI is InChI=1S/C16H23BrO2/c1-12-8-13(2)10-16(9-12)19-7-6-18-15-5-3-4-14(17)11-15/h3-5,11-13,16H,6-10H2,1-2H3. The third kappa shape index (κ3) is 5.15. The normalized spacial score (nSPS) is 27.2. The maximum Gasteiger partial charge on any atom is 0.120 e. The van der Waals surface area contributed by atoms with Crippen molar-refractivity contribution >= 4 is 15.9 Å². The second kappa shape index (κ2) is 7.30. The fourth-order valence-electron chi connectivity index (χ4n) is 2.94. The molecular weight excluding hydrogens is 304 g/mol. The Morgan fingerprint density at radius 3 is 2.53 bits per heavy atom. The number of hydrogen-bond donors (Lipinski definition) is 0. The molecule has 1 aromatic carbocycles. The zero-order valence-electron chi connectivity index (χ0n) is 11.8. The van der Waals surface area contributed by atoms with Crippen LogP contribution in [-0.2, 0) is 4.74 Å². The molecule has 0 N–H and O–H groups in total. The highest BCUT2D eigenvalue weighted by Crippen LogP contribution is 2.30. The molecule has 2 rings (SSSR count). The summed E-state index contributed by atoms with van der Waals surface area (Å²) in [6.07, 6.45) is 4.15. The van der Waals surface area contributed by atoms with Gasteiger partial charge in [-0.05, 0) is 49.3 Å². The number of benzene rings is 1. The number of ether oxygens (including phenoxy) is 2. The zero-order valence-corrected chi connectivity index (χ0v) is 13.4. The number of rotatable bonds is 5. The third-order valence-electron chi connectivity index (χ3n) is 3.64. The number of halogens is 1. The lowest BCUT2D eigenvalue weighted by atomic mass is 9.82. The van der Waals surface area contributed by atoms with E-state index in [2.05, 4.69) is 29.8 Å². The van der Waals surface area contributed by atoms with Gasteiger partial charge in [-0.15, -0.1) is 0 Å². The van der Waals surface area contributed by atoms with Crippen LogP contribution >= 0.6 is 15.9 Å². The summed E-state index contributed by atoms with van der Waals surface area (Å²) in [5.41, 5.74) is 0.